The van der Waals surface area contributed by atoms with Crippen molar-refractivity contribution in [3.05, 3.63) is 64.8 Å². The third kappa shape index (κ3) is 6.68. The largest absolute Gasteiger partial charge is 0.494 e. The van der Waals surface area contributed by atoms with Gasteiger partial charge < -0.3 is 19.2 Å². The number of unbranched alkanes of at least 4 members (excludes halogenated alkanes) is 3. The molecule has 1 N–H and O–H groups in total. The minimum absolute atomic E-state index is 0.0547. The molecule has 5 nitrogen and oxygen atoms in total. The van der Waals surface area contributed by atoms with E-state index in [2.05, 4.69) is 4.90 Å². The molecule has 4 rings (SSSR count). The second-order valence-corrected chi connectivity index (χ2v) is 9.06. The lowest BCUT2D eigenvalue weighted by atomic mass is 9.94. The van der Waals surface area contributed by atoms with Crippen LogP contribution in [0.15, 0.2) is 63.8 Å². The van der Waals surface area contributed by atoms with Crippen LogP contribution in [0.3, 0.4) is 0 Å². The number of hydrogen-bond acceptors (Lipinski definition) is 5. The van der Waals surface area contributed by atoms with E-state index in [9.17, 15) is 4.79 Å². The summed E-state index contributed by atoms with van der Waals surface area (Å²) in [6.45, 7) is 4.52. The number of ether oxygens (including phenoxy) is 1. The Morgan fingerprint density at radius 2 is 1.76 bits per heavy atom. The Morgan fingerprint density at radius 1 is 0.970 bits per heavy atom. The van der Waals surface area contributed by atoms with Crippen LogP contribution >= 0.6 is 0 Å². The van der Waals surface area contributed by atoms with Crippen LogP contribution in [0, 0.1) is 5.92 Å². The highest BCUT2D eigenvalue weighted by Crippen LogP contribution is 2.25. The average Bonchev–Trinajstić information content (AvgIpc) is 2.85. The number of benzene rings is 2. The molecule has 1 saturated heterocycles. The van der Waals surface area contributed by atoms with Gasteiger partial charge in [0.2, 0.25) is 0 Å². The molecule has 0 aliphatic carbocycles. The fourth-order valence-corrected chi connectivity index (χ4v) is 4.63. The van der Waals surface area contributed by atoms with E-state index in [1.165, 1.54) is 45.3 Å². The Balaban J connectivity index is 1.18. The molecule has 0 saturated carbocycles. The maximum absolute atomic E-state index is 12.6. The summed E-state index contributed by atoms with van der Waals surface area (Å²) in [5, 5.41) is 9.62. The Kier molecular flexibility index (Phi) is 8.56. The van der Waals surface area contributed by atoms with Crippen LogP contribution < -0.4 is 10.2 Å². The fourth-order valence-electron chi connectivity index (χ4n) is 4.63. The number of aliphatic hydroxyl groups is 1. The quantitative estimate of drug-likeness (QED) is 0.392. The molecule has 0 bridgehead atoms. The Labute approximate surface area is 196 Å². The summed E-state index contributed by atoms with van der Waals surface area (Å²) in [7, 11) is 0. The standard InChI is InChI=1S/C28H35NO4/c30-18-14-22-12-16-29(17-13-22)15-6-1-2-7-19-32-24-10-11-27-25(20-24)26(31)21-28(33-27)23-8-4-3-5-9-23/h3-5,8-11,20-22,30H,1-2,6-7,12-19H2. The van der Waals surface area contributed by atoms with Crippen molar-refractivity contribution < 1.29 is 14.3 Å². The first-order valence-corrected chi connectivity index (χ1v) is 12.3. The zero-order valence-corrected chi connectivity index (χ0v) is 19.4. The summed E-state index contributed by atoms with van der Waals surface area (Å²) < 4.78 is 11.9. The third-order valence-electron chi connectivity index (χ3n) is 6.64. The SMILES string of the molecule is O=c1cc(-c2ccccc2)oc2ccc(OCCCCCCN3CCC(CCO)CC3)cc12. The van der Waals surface area contributed by atoms with Gasteiger partial charge in [-0.3, -0.25) is 4.79 Å². The van der Waals surface area contributed by atoms with Gasteiger partial charge in [0, 0.05) is 18.2 Å². The molecule has 0 atom stereocenters. The smallest absolute Gasteiger partial charge is 0.193 e. The monoisotopic (exact) mass is 449 g/mol. The van der Waals surface area contributed by atoms with Gasteiger partial charge in [-0.05, 0) is 75.9 Å². The van der Waals surface area contributed by atoms with Crippen LogP contribution in [-0.4, -0.2) is 42.9 Å². The minimum Gasteiger partial charge on any atom is -0.494 e. The van der Waals surface area contributed by atoms with Crippen molar-refractivity contribution in [2.45, 2.75) is 44.9 Å². The Hall–Kier alpha value is -2.63. The van der Waals surface area contributed by atoms with E-state index in [0.29, 0.717) is 35.7 Å². The summed E-state index contributed by atoms with van der Waals surface area (Å²) in [4.78, 5) is 15.2. The predicted molar refractivity (Wildman–Crippen MR) is 133 cm³/mol. The second-order valence-electron chi connectivity index (χ2n) is 9.06. The molecule has 0 radical (unpaired) electrons. The van der Waals surface area contributed by atoms with Crippen LogP contribution in [0.4, 0.5) is 0 Å². The molecule has 1 aliphatic rings. The summed E-state index contributed by atoms with van der Waals surface area (Å²) >= 11 is 0. The highest BCUT2D eigenvalue weighted by Gasteiger charge is 2.18. The first-order chi connectivity index (χ1) is 16.2. The van der Waals surface area contributed by atoms with Gasteiger partial charge in [0.15, 0.2) is 5.43 Å². The molecule has 33 heavy (non-hydrogen) atoms. The molecule has 5 heteroatoms. The van der Waals surface area contributed by atoms with Crippen molar-refractivity contribution >= 4 is 11.0 Å². The van der Waals surface area contributed by atoms with E-state index in [1.807, 2.05) is 42.5 Å². The van der Waals surface area contributed by atoms with Crippen molar-refractivity contribution in [1.82, 2.24) is 4.90 Å². The van der Waals surface area contributed by atoms with Gasteiger partial charge in [0.25, 0.3) is 0 Å². The van der Waals surface area contributed by atoms with E-state index in [1.54, 1.807) is 12.1 Å². The number of hydrogen-bond donors (Lipinski definition) is 1. The van der Waals surface area contributed by atoms with Gasteiger partial charge in [0.1, 0.15) is 17.1 Å². The zero-order valence-electron chi connectivity index (χ0n) is 19.4. The summed E-state index contributed by atoms with van der Waals surface area (Å²) in [5.41, 5.74) is 1.41. The number of nitrogens with zero attached hydrogens (tertiary/aromatic N) is 1. The van der Waals surface area contributed by atoms with Gasteiger partial charge in [-0.2, -0.15) is 0 Å². The molecule has 176 valence electrons. The van der Waals surface area contributed by atoms with Crippen molar-refractivity contribution in [2.75, 3.05) is 32.8 Å². The van der Waals surface area contributed by atoms with E-state index >= 15 is 0 Å². The number of aliphatic hydroxyl groups excluding tert-OH is 1. The number of rotatable bonds is 11. The average molecular weight is 450 g/mol. The van der Waals surface area contributed by atoms with Gasteiger partial charge >= 0.3 is 0 Å². The van der Waals surface area contributed by atoms with Gasteiger partial charge in [-0.1, -0.05) is 43.2 Å². The summed E-state index contributed by atoms with van der Waals surface area (Å²) in [5.74, 6) is 2.01. The molecule has 2 aromatic carbocycles. The van der Waals surface area contributed by atoms with Crippen LogP contribution in [0.1, 0.15) is 44.9 Å². The molecule has 1 fully saturated rings. The van der Waals surface area contributed by atoms with Crippen LogP contribution in [0.25, 0.3) is 22.3 Å². The molecule has 3 aromatic rings. The van der Waals surface area contributed by atoms with E-state index in [-0.39, 0.29) is 5.43 Å². The highest BCUT2D eigenvalue weighted by molar-refractivity contribution is 5.80. The van der Waals surface area contributed by atoms with Gasteiger partial charge in [-0.15, -0.1) is 0 Å². The van der Waals surface area contributed by atoms with Crippen molar-refractivity contribution in [2.24, 2.45) is 5.92 Å². The van der Waals surface area contributed by atoms with E-state index < -0.39 is 0 Å². The lowest BCUT2D eigenvalue weighted by Crippen LogP contribution is -2.34. The normalized spacial score (nSPS) is 15.2. The van der Waals surface area contributed by atoms with Crippen LogP contribution in [-0.2, 0) is 0 Å². The Bertz CT molecular complexity index is 1050. The van der Waals surface area contributed by atoms with E-state index in [0.717, 1.165) is 30.7 Å². The predicted octanol–water partition coefficient (Wildman–Crippen LogP) is 5.49. The molecule has 0 unspecified atom stereocenters. The molecule has 2 heterocycles. The van der Waals surface area contributed by atoms with Crippen molar-refractivity contribution in [3.8, 4) is 17.1 Å². The molecular formula is C28H35NO4. The second kappa shape index (κ2) is 12.0. The van der Waals surface area contributed by atoms with Crippen LogP contribution in [0.2, 0.25) is 0 Å². The molecule has 0 spiro atoms. The van der Waals surface area contributed by atoms with Gasteiger partial charge in [-0.25, -0.2) is 0 Å². The molecular weight excluding hydrogens is 414 g/mol. The first kappa shape index (κ1) is 23.5. The maximum atomic E-state index is 12.6. The molecule has 1 aliphatic heterocycles. The number of fused-ring (bicyclic) bond motifs is 1. The van der Waals surface area contributed by atoms with E-state index in [4.69, 9.17) is 14.3 Å². The Morgan fingerprint density at radius 3 is 2.55 bits per heavy atom. The summed E-state index contributed by atoms with van der Waals surface area (Å²) in [6, 6.07) is 16.7. The lowest BCUT2D eigenvalue weighted by molar-refractivity contribution is 0.156. The number of piperidine rings is 1. The van der Waals surface area contributed by atoms with Crippen molar-refractivity contribution in [1.29, 1.82) is 0 Å². The zero-order chi connectivity index (χ0) is 22.9. The summed E-state index contributed by atoms with van der Waals surface area (Å²) in [6.07, 6.45) is 8.02. The topological polar surface area (TPSA) is 62.9 Å². The molecule has 1 aromatic heterocycles. The lowest BCUT2D eigenvalue weighted by Gasteiger charge is -2.31. The fraction of sp³-hybridized carbons (Fsp3) is 0.464. The maximum Gasteiger partial charge on any atom is 0.193 e. The van der Waals surface area contributed by atoms with Gasteiger partial charge in [0.05, 0.1) is 12.0 Å². The third-order valence-corrected chi connectivity index (χ3v) is 6.64. The number of likely N-dealkylation sites (tertiary alicyclic amines) is 1. The first-order valence-electron chi connectivity index (χ1n) is 12.3. The van der Waals surface area contributed by atoms with Crippen molar-refractivity contribution in [3.63, 3.8) is 0 Å². The minimum atomic E-state index is -0.0547. The highest BCUT2D eigenvalue weighted by atomic mass is 16.5. The van der Waals surface area contributed by atoms with Crippen LogP contribution in [0.5, 0.6) is 5.75 Å². The molecule has 0 amide bonds.